The molecule has 1 aromatic heterocycles. The average molecular weight is 615 g/mol. The van der Waals surface area contributed by atoms with Crippen LogP contribution in [0.2, 0.25) is 0 Å². The fourth-order valence-corrected chi connectivity index (χ4v) is 4.27. The van der Waals surface area contributed by atoms with Gasteiger partial charge in [-0.15, -0.1) is 0 Å². The van der Waals surface area contributed by atoms with E-state index in [4.69, 9.17) is 25.9 Å². The number of carbonyl (C=O) groups is 2. The van der Waals surface area contributed by atoms with Crippen molar-refractivity contribution in [2.75, 3.05) is 24.1 Å². The van der Waals surface area contributed by atoms with Crippen LogP contribution < -0.4 is 26.8 Å². The zero-order valence-electron chi connectivity index (χ0n) is 20.8. The highest BCUT2D eigenvalue weighted by molar-refractivity contribution is 7.92. The predicted octanol–water partition coefficient (Wildman–Crippen LogP) is -0.475. The third-order valence-electron chi connectivity index (χ3n) is 4.45. The zero-order chi connectivity index (χ0) is 30.9. The number of sulfone groups is 1. The maximum atomic E-state index is 12.8. The number of anilines is 1. The number of guanidine groups is 1. The number of aliphatic carboxylic acids is 1. The lowest BCUT2D eigenvalue weighted by Gasteiger charge is -2.14. The fraction of sp³-hybridized carbons (Fsp3) is 0.300. The number of aromatic nitrogens is 1. The number of halogens is 3. The number of rotatable bonds is 10. The highest BCUT2D eigenvalue weighted by Crippen LogP contribution is 2.17. The van der Waals surface area contributed by atoms with Gasteiger partial charge in [-0.1, -0.05) is 0 Å². The fourth-order valence-electron chi connectivity index (χ4n) is 2.58. The number of nitrogens with zero attached hydrogens (tertiary/aromatic N) is 1. The van der Waals surface area contributed by atoms with Gasteiger partial charge in [-0.2, -0.15) is 13.2 Å². The van der Waals surface area contributed by atoms with Gasteiger partial charge in [0.2, 0.25) is 11.9 Å². The number of hydrogen-bond acceptors (Lipinski definition) is 9. The van der Waals surface area contributed by atoms with E-state index in [0.29, 0.717) is 5.69 Å². The van der Waals surface area contributed by atoms with Crippen molar-refractivity contribution in [1.82, 2.24) is 15.4 Å². The Balaban J connectivity index is 0.00000101. The van der Waals surface area contributed by atoms with Gasteiger partial charge in [0.15, 0.2) is 9.84 Å². The lowest BCUT2D eigenvalue weighted by molar-refractivity contribution is -0.192. The van der Waals surface area contributed by atoms with Crippen molar-refractivity contribution in [3.8, 4) is 0 Å². The number of carboxylic acid groups (broad SMARTS) is 1. The van der Waals surface area contributed by atoms with Crippen LogP contribution in [0, 0.1) is 12.3 Å². The molecular weight excluding hydrogens is 589 g/mol. The number of benzene rings is 1. The standard InChI is InChI=1S/C18H24N6O7S2.C2HF3O2/c1-12-3-8-15(17(26)24(12)11-16(25)21-9-10-31-22-18(19)20)23-33(29,30)14-6-4-13(5-7-14)32(2,27)28;3-2(4,5)1(6)7/h3-8,23H,9-11H2,1-2H3,(H,21,25)(H4,19,20,22);(H,6,7). The second kappa shape index (κ2) is 13.8. The van der Waals surface area contributed by atoms with Crippen molar-refractivity contribution in [3.05, 3.63) is 52.4 Å². The number of aryl methyl sites for hydroxylation is 1. The zero-order valence-corrected chi connectivity index (χ0v) is 22.4. The number of carbonyl (C=O) groups excluding carboxylic acids is 1. The van der Waals surface area contributed by atoms with E-state index < -0.39 is 49.4 Å². The van der Waals surface area contributed by atoms with Crippen LogP contribution in [0.1, 0.15) is 5.69 Å². The first kappa shape index (κ1) is 33.9. The second-order valence-corrected chi connectivity index (χ2v) is 11.3. The molecule has 15 nitrogen and oxygen atoms in total. The minimum absolute atomic E-state index is 0.0111. The Morgan fingerprint density at radius 1 is 1.07 bits per heavy atom. The summed E-state index contributed by atoms with van der Waals surface area (Å²) in [7, 11) is -7.69. The van der Waals surface area contributed by atoms with Gasteiger partial charge < -0.3 is 20.7 Å². The van der Waals surface area contributed by atoms with Gasteiger partial charge >= 0.3 is 12.1 Å². The molecule has 0 fully saturated rings. The van der Waals surface area contributed by atoms with Gasteiger partial charge in [-0.25, -0.2) is 27.1 Å². The number of hydrogen-bond donors (Lipinski definition) is 6. The first-order valence-corrected chi connectivity index (χ1v) is 13.9. The molecule has 1 amide bonds. The van der Waals surface area contributed by atoms with Crippen LogP contribution in [-0.2, 0) is 40.8 Å². The van der Waals surface area contributed by atoms with Crippen LogP contribution in [-0.4, -0.2) is 69.9 Å². The van der Waals surface area contributed by atoms with E-state index in [1.807, 2.05) is 0 Å². The molecule has 40 heavy (non-hydrogen) atoms. The summed E-state index contributed by atoms with van der Waals surface area (Å²) in [6, 6.07) is 7.27. The largest absolute Gasteiger partial charge is 0.490 e. The molecule has 0 unspecified atom stereocenters. The first-order chi connectivity index (χ1) is 18.3. The summed E-state index contributed by atoms with van der Waals surface area (Å²) in [4.78, 5) is 38.3. The molecule has 0 aliphatic carbocycles. The van der Waals surface area contributed by atoms with Crippen molar-refractivity contribution in [3.63, 3.8) is 0 Å². The van der Waals surface area contributed by atoms with Crippen LogP contribution in [0.5, 0.6) is 0 Å². The van der Waals surface area contributed by atoms with Crippen molar-refractivity contribution in [2.45, 2.75) is 29.4 Å². The smallest absolute Gasteiger partial charge is 0.475 e. The van der Waals surface area contributed by atoms with Crippen LogP contribution in [0.15, 0.2) is 51.0 Å². The molecule has 2 rings (SSSR count). The summed E-state index contributed by atoms with van der Waals surface area (Å²) in [5, 5.41) is 16.6. The Morgan fingerprint density at radius 2 is 1.60 bits per heavy atom. The topological polar surface area (TPSA) is 240 Å². The number of carboxylic acids is 1. The van der Waals surface area contributed by atoms with Crippen LogP contribution >= 0.6 is 0 Å². The summed E-state index contributed by atoms with van der Waals surface area (Å²) in [6.45, 7) is 1.29. The quantitative estimate of drug-likeness (QED) is 0.0865. The van der Waals surface area contributed by atoms with E-state index in [-0.39, 0.29) is 35.2 Å². The number of nitrogens with one attached hydrogen (secondary N) is 4. The van der Waals surface area contributed by atoms with Crippen molar-refractivity contribution in [1.29, 1.82) is 5.41 Å². The molecule has 222 valence electrons. The van der Waals surface area contributed by atoms with Crippen LogP contribution in [0.25, 0.3) is 0 Å². The molecule has 0 aliphatic rings. The minimum atomic E-state index is -5.08. The average Bonchev–Trinajstić information content (AvgIpc) is 2.82. The van der Waals surface area contributed by atoms with Crippen LogP contribution in [0.3, 0.4) is 0 Å². The van der Waals surface area contributed by atoms with Crippen molar-refractivity contribution in [2.24, 2.45) is 5.73 Å². The van der Waals surface area contributed by atoms with Crippen LogP contribution in [0.4, 0.5) is 18.9 Å². The SMILES string of the molecule is Cc1ccc(NS(=O)(=O)c2ccc(S(C)(=O)=O)cc2)c(=O)n1CC(=O)NCCONC(=N)N.O=C(O)C(F)(F)F. The molecule has 0 saturated carbocycles. The monoisotopic (exact) mass is 614 g/mol. The Bertz CT molecular complexity index is 1510. The van der Waals surface area contributed by atoms with E-state index in [0.717, 1.165) is 35.1 Å². The molecule has 0 bridgehead atoms. The number of sulfonamides is 1. The summed E-state index contributed by atoms with van der Waals surface area (Å²) >= 11 is 0. The number of amides is 1. The second-order valence-electron chi connectivity index (χ2n) is 7.65. The van der Waals surface area contributed by atoms with Crippen molar-refractivity contribution >= 4 is 43.4 Å². The molecule has 0 radical (unpaired) electrons. The lowest BCUT2D eigenvalue weighted by Crippen LogP contribution is -2.37. The van der Waals surface area contributed by atoms with E-state index in [1.165, 1.54) is 12.1 Å². The highest BCUT2D eigenvalue weighted by Gasteiger charge is 2.38. The van der Waals surface area contributed by atoms with E-state index in [9.17, 15) is 39.6 Å². The molecule has 0 atom stereocenters. The normalized spacial score (nSPS) is 11.5. The number of nitrogens with two attached hydrogens (primary N) is 1. The van der Waals surface area contributed by atoms with Gasteiger partial charge in [0, 0.05) is 18.5 Å². The van der Waals surface area contributed by atoms with E-state index >= 15 is 0 Å². The first-order valence-electron chi connectivity index (χ1n) is 10.6. The summed E-state index contributed by atoms with van der Waals surface area (Å²) in [5.41, 5.74) is 6.54. The predicted molar refractivity (Wildman–Crippen MR) is 134 cm³/mol. The summed E-state index contributed by atoms with van der Waals surface area (Å²) in [5.74, 6) is -3.68. The van der Waals surface area contributed by atoms with Gasteiger partial charge in [0.25, 0.3) is 15.6 Å². The maximum Gasteiger partial charge on any atom is 0.490 e. The lowest BCUT2D eigenvalue weighted by atomic mass is 10.3. The van der Waals surface area contributed by atoms with Gasteiger partial charge in [-0.05, 0) is 43.3 Å². The molecule has 0 saturated heterocycles. The highest BCUT2D eigenvalue weighted by atomic mass is 32.2. The van der Waals surface area contributed by atoms with Gasteiger partial charge in [0.1, 0.15) is 12.2 Å². The Kier molecular flexibility index (Phi) is 11.6. The third-order valence-corrected chi connectivity index (χ3v) is 6.96. The Labute approximate surface area is 225 Å². The Morgan fingerprint density at radius 3 is 2.08 bits per heavy atom. The number of hydroxylamine groups is 1. The summed E-state index contributed by atoms with van der Waals surface area (Å²) in [6.07, 6.45) is -4.09. The molecule has 1 aromatic carbocycles. The minimum Gasteiger partial charge on any atom is -0.475 e. The van der Waals surface area contributed by atoms with Gasteiger partial charge in [-0.3, -0.25) is 24.6 Å². The van der Waals surface area contributed by atoms with E-state index in [2.05, 4.69) is 15.5 Å². The molecule has 0 spiro atoms. The third kappa shape index (κ3) is 10.9. The van der Waals surface area contributed by atoms with Crippen molar-refractivity contribution < 1.29 is 49.5 Å². The van der Waals surface area contributed by atoms with E-state index in [1.54, 1.807) is 6.92 Å². The molecule has 20 heteroatoms. The molecular formula is C20H25F3N6O9S2. The van der Waals surface area contributed by atoms with Gasteiger partial charge in [0.05, 0.1) is 16.4 Å². The molecule has 0 aliphatic heterocycles. The summed E-state index contributed by atoms with van der Waals surface area (Å²) < 4.78 is 83.4. The number of pyridine rings is 1. The molecule has 1 heterocycles. The number of alkyl halides is 3. The molecule has 7 N–H and O–H groups in total. The molecule has 2 aromatic rings. The maximum absolute atomic E-state index is 12.8. The Hall–Kier alpha value is -4.17.